The summed E-state index contributed by atoms with van der Waals surface area (Å²) in [6.45, 7) is 6.51. The molecule has 1 aliphatic heterocycles. The number of amides is 1. The van der Waals surface area contributed by atoms with Gasteiger partial charge in [0.05, 0.1) is 24.9 Å². The molecule has 2 heterocycles. The second kappa shape index (κ2) is 8.01. The maximum atomic E-state index is 12.1. The number of aromatic nitrogens is 1. The van der Waals surface area contributed by atoms with Crippen molar-refractivity contribution in [2.45, 2.75) is 33.1 Å². The number of hydrogen-bond donors (Lipinski definition) is 1. The van der Waals surface area contributed by atoms with E-state index in [-0.39, 0.29) is 5.91 Å². The van der Waals surface area contributed by atoms with Crippen LogP contribution in [0.25, 0.3) is 0 Å². The van der Waals surface area contributed by atoms with E-state index in [1.54, 1.807) is 6.20 Å². The molecule has 0 atom stereocenters. The number of anilines is 2. The van der Waals surface area contributed by atoms with Gasteiger partial charge in [-0.25, -0.2) is 4.98 Å². The maximum Gasteiger partial charge on any atom is 0.227 e. The Labute approximate surface area is 149 Å². The average molecular weight is 339 g/mol. The zero-order valence-electron chi connectivity index (χ0n) is 14.9. The van der Waals surface area contributed by atoms with Crippen LogP contribution in [0, 0.1) is 13.8 Å². The molecule has 25 heavy (non-hydrogen) atoms. The van der Waals surface area contributed by atoms with Crippen LogP contribution >= 0.6 is 0 Å². The Kier molecular flexibility index (Phi) is 5.53. The molecule has 132 valence electrons. The highest BCUT2D eigenvalue weighted by molar-refractivity contribution is 5.90. The zero-order valence-corrected chi connectivity index (χ0v) is 14.9. The number of carbonyl (C=O) groups excluding carboxylic acids is 1. The molecule has 0 spiro atoms. The van der Waals surface area contributed by atoms with Crippen LogP contribution in [0.5, 0.6) is 5.75 Å². The molecule has 5 heteroatoms. The third-order valence-electron chi connectivity index (χ3n) is 4.39. The van der Waals surface area contributed by atoms with E-state index >= 15 is 0 Å². The predicted molar refractivity (Wildman–Crippen MR) is 100 cm³/mol. The Bertz CT molecular complexity index is 722. The highest BCUT2D eigenvalue weighted by Gasteiger charge is 2.13. The summed E-state index contributed by atoms with van der Waals surface area (Å²) >= 11 is 0. The number of rotatable bonds is 6. The molecular weight excluding hydrogens is 314 g/mol. The van der Waals surface area contributed by atoms with Gasteiger partial charge < -0.3 is 15.0 Å². The minimum Gasteiger partial charge on any atom is -0.493 e. The summed E-state index contributed by atoms with van der Waals surface area (Å²) in [5, 5.41) is 2.87. The van der Waals surface area contributed by atoms with Crippen LogP contribution in [0.2, 0.25) is 0 Å². The van der Waals surface area contributed by atoms with Crippen LogP contribution in [0.3, 0.4) is 0 Å². The lowest BCUT2D eigenvalue weighted by atomic mass is 10.1. The number of ether oxygens (including phenoxy) is 1. The summed E-state index contributed by atoms with van der Waals surface area (Å²) in [5.74, 6) is 1.75. The van der Waals surface area contributed by atoms with Gasteiger partial charge in [-0.15, -0.1) is 0 Å². The summed E-state index contributed by atoms with van der Waals surface area (Å²) in [4.78, 5) is 18.8. The lowest BCUT2D eigenvalue weighted by Gasteiger charge is -2.16. The van der Waals surface area contributed by atoms with Crippen molar-refractivity contribution in [3.8, 4) is 5.75 Å². The van der Waals surface area contributed by atoms with Gasteiger partial charge in [-0.05, 0) is 56.0 Å². The molecule has 1 fully saturated rings. The van der Waals surface area contributed by atoms with Gasteiger partial charge in [0.1, 0.15) is 11.6 Å². The van der Waals surface area contributed by atoms with Crippen LogP contribution in [0.4, 0.5) is 11.5 Å². The van der Waals surface area contributed by atoms with Crippen molar-refractivity contribution in [3.63, 3.8) is 0 Å². The first-order valence-electron chi connectivity index (χ1n) is 8.83. The number of benzene rings is 1. The summed E-state index contributed by atoms with van der Waals surface area (Å²) < 4.78 is 5.73. The lowest BCUT2D eigenvalue weighted by molar-refractivity contribution is -0.116. The first-order valence-corrected chi connectivity index (χ1v) is 8.83. The monoisotopic (exact) mass is 339 g/mol. The highest BCUT2D eigenvalue weighted by atomic mass is 16.5. The second-order valence-corrected chi connectivity index (χ2v) is 6.51. The van der Waals surface area contributed by atoms with Crippen LogP contribution < -0.4 is 15.0 Å². The van der Waals surface area contributed by atoms with Crippen molar-refractivity contribution >= 4 is 17.4 Å². The molecule has 1 aromatic carbocycles. The Morgan fingerprint density at radius 2 is 2.00 bits per heavy atom. The topological polar surface area (TPSA) is 54.5 Å². The predicted octanol–water partition coefficient (Wildman–Crippen LogP) is 3.71. The molecule has 0 bridgehead atoms. The molecule has 0 radical (unpaired) electrons. The second-order valence-electron chi connectivity index (χ2n) is 6.51. The lowest BCUT2D eigenvalue weighted by Crippen LogP contribution is -2.19. The number of nitrogens with zero attached hydrogens (tertiary/aromatic N) is 2. The van der Waals surface area contributed by atoms with Crippen LogP contribution in [0.15, 0.2) is 36.5 Å². The first kappa shape index (κ1) is 17.3. The summed E-state index contributed by atoms with van der Waals surface area (Å²) in [7, 11) is 0. The fraction of sp³-hybridized carbons (Fsp3) is 0.400. The molecule has 3 rings (SSSR count). The molecule has 0 unspecified atom stereocenters. The third kappa shape index (κ3) is 4.72. The van der Waals surface area contributed by atoms with Crippen molar-refractivity contribution < 1.29 is 9.53 Å². The molecule has 1 aromatic heterocycles. The minimum atomic E-state index is -0.0685. The molecule has 5 nitrogen and oxygen atoms in total. The van der Waals surface area contributed by atoms with Gasteiger partial charge >= 0.3 is 0 Å². The van der Waals surface area contributed by atoms with E-state index in [4.69, 9.17) is 4.74 Å². The van der Waals surface area contributed by atoms with Crippen molar-refractivity contribution in [1.82, 2.24) is 4.98 Å². The zero-order chi connectivity index (χ0) is 17.6. The quantitative estimate of drug-likeness (QED) is 0.872. The van der Waals surface area contributed by atoms with E-state index in [1.807, 2.05) is 44.2 Å². The number of hydrogen-bond acceptors (Lipinski definition) is 4. The third-order valence-corrected chi connectivity index (χ3v) is 4.39. The fourth-order valence-electron chi connectivity index (χ4n) is 2.93. The van der Waals surface area contributed by atoms with Crippen molar-refractivity contribution in [1.29, 1.82) is 0 Å². The number of aryl methyl sites for hydroxylation is 2. The Morgan fingerprint density at radius 1 is 1.20 bits per heavy atom. The van der Waals surface area contributed by atoms with Crippen LogP contribution in [0.1, 0.15) is 30.4 Å². The molecule has 0 aliphatic carbocycles. The van der Waals surface area contributed by atoms with Crippen LogP contribution in [-0.2, 0) is 4.79 Å². The SMILES string of the molecule is Cc1ccc(C)c(OCCC(=O)Nc2ccc(N3CCCC3)nc2)c1. The van der Waals surface area contributed by atoms with Gasteiger partial charge in [0, 0.05) is 13.1 Å². The summed E-state index contributed by atoms with van der Waals surface area (Å²) in [6.07, 6.45) is 4.47. The summed E-state index contributed by atoms with van der Waals surface area (Å²) in [6, 6.07) is 9.94. The van der Waals surface area contributed by atoms with Gasteiger partial charge in [-0.2, -0.15) is 0 Å². The highest BCUT2D eigenvalue weighted by Crippen LogP contribution is 2.20. The molecular formula is C20H25N3O2. The van der Waals surface area contributed by atoms with Crippen molar-refractivity contribution in [2.75, 3.05) is 29.9 Å². The summed E-state index contributed by atoms with van der Waals surface area (Å²) in [5.41, 5.74) is 2.95. The standard InChI is InChI=1S/C20H25N3O2/c1-15-5-6-16(2)18(13-15)25-12-9-20(24)22-17-7-8-19(21-14-17)23-10-3-4-11-23/h5-8,13-14H,3-4,9-12H2,1-2H3,(H,22,24). The molecule has 2 aromatic rings. The van der Waals surface area contributed by atoms with E-state index in [0.717, 1.165) is 41.5 Å². The number of carbonyl (C=O) groups is 1. The molecule has 1 aliphatic rings. The minimum absolute atomic E-state index is 0.0685. The van der Waals surface area contributed by atoms with Gasteiger partial charge in [0.25, 0.3) is 0 Å². The van der Waals surface area contributed by atoms with Crippen molar-refractivity contribution in [3.05, 3.63) is 47.7 Å². The van der Waals surface area contributed by atoms with Crippen molar-refractivity contribution in [2.24, 2.45) is 0 Å². The maximum absolute atomic E-state index is 12.1. The van der Waals surface area contributed by atoms with Gasteiger partial charge in [0.2, 0.25) is 5.91 Å². The Hall–Kier alpha value is -2.56. The first-order chi connectivity index (χ1) is 12.1. The fourth-order valence-corrected chi connectivity index (χ4v) is 2.93. The number of nitrogens with one attached hydrogen (secondary N) is 1. The smallest absolute Gasteiger partial charge is 0.227 e. The van der Waals surface area contributed by atoms with Crippen LogP contribution in [-0.4, -0.2) is 30.6 Å². The van der Waals surface area contributed by atoms with Gasteiger partial charge in [0.15, 0.2) is 0 Å². The molecule has 1 saturated heterocycles. The molecule has 0 saturated carbocycles. The van der Waals surface area contributed by atoms with E-state index in [2.05, 4.69) is 15.2 Å². The normalized spacial score (nSPS) is 13.8. The average Bonchev–Trinajstić information content (AvgIpc) is 3.13. The largest absolute Gasteiger partial charge is 0.493 e. The number of pyridine rings is 1. The van der Waals surface area contributed by atoms with E-state index in [1.165, 1.54) is 12.8 Å². The van der Waals surface area contributed by atoms with E-state index < -0.39 is 0 Å². The van der Waals surface area contributed by atoms with Gasteiger partial charge in [-0.1, -0.05) is 12.1 Å². The Balaban J connectivity index is 1.46. The van der Waals surface area contributed by atoms with E-state index in [0.29, 0.717) is 13.0 Å². The molecule has 1 N–H and O–H groups in total. The Morgan fingerprint density at radius 3 is 2.72 bits per heavy atom. The van der Waals surface area contributed by atoms with Gasteiger partial charge in [-0.3, -0.25) is 4.79 Å². The molecule has 1 amide bonds. The van der Waals surface area contributed by atoms with E-state index in [9.17, 15) is 4.79 Å².